The zero-order chi connectivity index (χ0) is 25.0. The van der Waals surface area contributed by atoms with Gasteiger partial charge < -0.3 is 4.74 Å². The summed E-state index contributed by atoms with van der Waals surface area (Å²) < 4.78 is 38.1. The van der Waals surface area contributed by atoms with Crippen LogP contribution >= 0.6 is 0 Å². The van der Waals surface area contributed by atoms with E-state index in [2.05, 4.69) is 31.0 Å². The number of nitrogens with zero attached hydrogens (tertiary/aromatic N) is 2. The molecule has 34 heavy (non-hydrogen) atoms. The summed E-state index contributed by atoms with van der Waals surface area (Å²) in [6.45, 7) is 7.19. The standard InChI is InChI=1S/C26H38N2O5S/c1-4-6-17-33-26(29)21(3)19-25(23-8-12-27-13-9-23)20-22(5-2)24-10-15-28(16-11-24)14-7-18-34(30,31)32/h8-13,15-16,21-22,25H,4-7,14,17-20H2,1-3H3/p+1. The number of hydrogen-bond donors (Lipinski definition) is 1. The first-order valence-electron chi connectivity index (χ1n) is 12.2. The van der Waals surface area contributed by atoms with Crippen molar-refractivity contribution in [1.82, 2.24) is 4.98 Å². The minimum Gasteiger partial charge on any atom is -0.465 e. The number of unbranched alkanes of at least 4 members (excludes halogenated alkanes) is 1. The van der Waals surface area contributed by atoms with Crippen molar-refractivity contribution in [2.24, 2.45) is 5.92 Å². The lowest BCUT2D eigenvalue weighted by atomic mass is 9.80. The third-order valence-corrected chi connectivity index (χ3v) is 7.03. The Hall–Kier alpha value is -2.32. The third-order valence-electron chi connectivity index (χ3n) is 6.23. The summed E-state index contributed by atoms with van der Waals surface area (Å²) in [5.41, 5.74) is 2.39. The third kappa shape index (κ3) is 9.89. The van der Waals surface area contributed by atoms with E-state index in [0.29, 0.717) is 31.9 Å². The summed E-state index contributed by atoms with van der Waals surface area (Å²) in [7, 11) is -3.93. The highest BCUT2D eigenvalue weighted by molar-refractivity contribution is 7.85. The number of pyridine rings is 2. The van der Waals surface area contributed by atoms with Gasteiger partial charge in [-0.2, -0.15) is 8.42 Å². The maximum Gasteiger partial charge on any atom is 0.308 e. The van der Waals surface area contributed by atoms with Crippen molar-refractivity contribution in [3.05, 3.63) is 60.2 Å². The van der Waals surface area contributed by atoms with E-state index in [4.69, 9.17) is 9.29 Å². The predicted molar refractivity (Wildman–Crippen MR) is 132 cm³/mol. The molecule has 0 amide bonds. The SMILES string of the molecule is CCCCOC(=O)C(C)CC(CC(CC)c1cc[n+](CCCS(=O)(=O)O)cc1)c1ccncc1. The number of esters is 1. The summed E-state index contributed by atoms with van der Waals surface area (Å²) in [5.74, 6) is -0.0522. The molecule has 2 rings (SSSR count). The number of aromatic nitrogens is 2. The largest absolute Gasteiger partial charge is 0.465 e. The highest BCUT2D eigenvalue weighted by Crippen LogP contribution is 2.36. The molecule has 0 aromatic carbocycles. The minimum atomic E-state index is -3.93. The van der Waals surface area contributed by atoms with Crippen LogP contribution in [0.1, 0.15) is 82.3 Å². The van der Waals surface area contributed by atoms with Crippen molar-refractivity contribution < 1.29 is 27.1 Å². The fourth-order valence-electron chi connectivity index (χ4n) is 4.19. The quantitative estimate of drug-likeness (QED) is 0.168. The van der Waals surface area contributed by atoms with Crippen LogP contribution in [-0.4, -0.2) is 36.3 Å². The molecule has 0 spiro atoms. The second-order valence-electron chi connectivity index (χ2n) is 8.99. The number of aryl methyl sites for hydroxylation is 1. The molecule has 2 heterocycles. The Labute approximate surface area is 204 Å². The summed E-state index contributed by atoms with van der Waals surface area (Å²) in [6.07, 6.45) is 12.3. The predicted octanol–water partition coefficient (Wildman–Crippen LogP) is 4.68. The topological polar surface area (TPSA) is 97.4 Å². The maximum atomic E-state index is 12.5. The molecule has 0 fully saturated rings. The van der Waals surface area contributed by atoms with Crippen LogP contribution in [0.15, 0.2) is 49.1 Å². The van der Waals surface area contributed by atoms with E-state index in [1.54, 1.807) is 12.4 Å². The van der Waals surface area contributed by atoms with Gasteiger partial charge in [0.1, 0.15) is 6.54 Å². The van der Waals surface area contributed by atoms with Gasteiger partial charge in [-0.25, -0.2) is 4.57 Å². The van der Waals surface area contributed by atoms with Gasteiger partial charge in [0.15, 0.2) is 12.4 Å². The van der Waals surface area contributed by atoms with Crippen LogP contribution in [0, 0.1) is 5.92 Å². The molecule has 0 aliphatic rings. The lowest BCUT2D eigenvalue weighted by Crippen LogP contribution is -2.33. The summed E-state index contributed by atoms with van der Waals surface area (Å²) >= 11 is 0. The Morgan fingerprint density at radius 1 is 1.03 bits per heavy atom. The molecule has 1 N–H and O–H groups in total. The van der Waals surface area contributed by atoms with Gasteiger partial charge >= 0.3 is 5.97 Å². The zero-order valence-corrected chi connectivity index (χ0v) is 21.4. The number of carbonyl (C=O) groups excluding carboxylic acids is 1. The van der Waals surface area contributed by atoms with E-state index < -0.39 is 10.1 Å². The van der Waals surface area contributed by atoms with Gasteiger partial charge in [0.25, 0.3) is 10.1 Å². The van der Waals surface area contributed by atoms with Crippen molar-refractivity contribution >= 4 is 16.1 Å². The van der Waals surface area contributed by atoms with Crippen LogP contribution in [0.25, 0.3) is 0 Å². The molecular formula is C26H39N2O5S+. The van der Waals surface area contributed by atoms with Crippen molar-refractivity contribution in [2.45, 2.75) is 77.7 Å². The normalized spacial score (nSPS) is 14.4. The van der Waals surface area contributed by atoms with Gasteiger partial charge in [-0.15, -0.1) is 0 Å². The molecule has 3 atom stereocenters. The highest BCUT2D eigenvalue weighted by Gasteiger charge is 2.25. The number of hydrogen-bond acceptors (Lipinski definition) is 5. The van der Waals surface area contributed by atoms with Crippen molar-refractivity contribution in [3.8, 4) is 0 Å². The van der Waals surface area contributed by atoms with E-state index in [9.17, 15) is 13.2 Å². The van der Waals surface area contributed by atoms with Crippen molar-refractivity contribution in [1.29, 1.82) is 0 Å². The highest BCUT2D eigenvalue weighted by atomic mass is 32.2. The first-order valence-corrected chi connectivity index (χ1v) is 13.8. The first kappa shape index (κ1) is 27.9. The average Bonchev–Trinajstić information content (AvgIpc) is 2.82. The Balaban J connectivity index is 2.08. The zero-order valence-electron chi connectivity index (χ0n) is 20.6. The Kier molecular flexibility index (Phi) is 11.6. The van der Waals surface area contributed by atoms with E-state index >= 15 is 0 Å². The second kappa shape index (κ2) is 14.2. The summed E-state index contributed by atoms with van der Waals surface area (Å²) in [5, 5.41) is 0. The van der Waals surface area contributed by atoms with Crippen LogP contribution in [0.3, 0.4) is 0 Å². The Bertz CT molecular complexity index is 964. The van der Waals surface area contributed by atoms with Crippen LogP contribution in [0.2, 0.25) is 0 Å². The lowest BCUT2D eigenvalue weighted by molar-refractivity contribution is -0.696. The number of ether oxygens (including phenoxy) is 1. The molecule has 7 nitrogen and oxygen atoms in total. The molecule has 0 bridgehead atoms. The van der Waals surface area contributed by atoms with Crippen LogP contribution in [0.5, 0.6) is 0 Å². The van der Waals surface area contributed by atoms with Crippen LogP contribution in [0.4, 0.5) is 0 Å². The van der Waals surface area contributed by atoms with Crippen LogP contribution < -0.4 is 4.57 Å². The molecule has 0 aliphatic heterocycles. The second-order valence-corrected chi connectivity index (χ2v) is 10.6. The van der Waals surface area contributed by atoms with E-state index in [1.807, 2.05) is 36.0 Å². The molecule has 8 heteroatoms. The summed E-state index contributed by atoms with van der Waals surface area (Å²) in [4.78, 5) is 16.7. The van der Waals surface area contributed by atoms with Crippen molar-refractivity contribution in [3.63, 3.8) is 0 Å². The van der Waals surface area contributed by atoms with Crippen molar-refractivity contribution in [2.75, 3.05) is 12.4 Å². The van der Waals surface area contributed by atoms with E-state index in [-0.39, 0.29) is 23.6 Å². The molecule has 2 aromatic heterocycles. The van der Waals surface area contributed by atoms with Gasteiger partial charge in [-0.3, -0.25) is 14.3 Å². The van der Waals surface area contributed by atoms with Gasteiger partial charge in [-0.05, 0) is 60.8 Å². The molecule has 0 aliphatic carbocycles. The molecule has 0 radical (unpaired) electrons. The molecule has 0 saturated carbocycles. The minimum absolute atomic E-state index is 0.133. The number of carbonyl (C=O) groups is 1. The van der Waals surface area contributed by atoms with Gasteiger partial charge in [0.05, 0.1) is 18.3 Å². The van der Waals surface area contributed by atoms with Gasteiger partial charge in [0.2, 0.25) is 0 Å². The monoisotopic (exact) mass is 491 g/mol. The fraction of sp³-hybridized carbons (Fsp3) is 0.577. The first-order chi connectivity index (χ1) is 16.2. The van der Waals surface area contributed by atoms with E-state index in [1.165, 1.54) is 11.1 Å². The van der Waals surface area contributed by atoms with Crippen LogP contribution in [-0.2, 0) is 26.2 Å². The molecule has 3 unspecified atom stereocenters. The Morgan fingerprint density at radius 3 is 2.26 bits per heavy atom. The lowest BCUT2D eigenvalue weighted by Gasteiger charge is -2.25. The average molecular weight is 492 g/mol. The van der Waals surface area contributed by atoms with E-state index in [0.717, 1.165) is 25.7 Å². The summed E-state index contributed by atoms with van der Waals surface area (Å²) in [6, 6.07) is 8.21. The molecule has 0 saturated heterocycles. The Morgan fingerprint density at radius 2 is 1.68 bits per heavy atom. The van der Waals surface area contributed by atoms with Gasteiger partial charge in [0, 0.05) is 30.9 Å². The maximum absolute atomic E-state index is 12.5. The van der Waals surface area contributed by atoms with Gasteiger partial charge in [-0.1, -0.05) is 27.2 Å². The number of rotatable bonds is 15. The molecule has 188 valence electrons. The molecular weight excluding hydrogens is 452 g/mol. The molecule has 2 aromatic rings. The fourth-order valence-corrected chi connectivity index (χ4v) is 4.68. The smallest absolute Gasteiger partial charge is 0.308 e.